The summed E-state index contributed by atoms with van der Waals surface area (Å²) >= 11 is 0. The van der Waals surface area contributed by atoms with Gasteiger partial charge in [-0.1, -0.05) is 71.0 Å². The van der Waals surface area contributed by atoms with Crippen LogP contribution in [-0.4, -0.2) is 50.2 Å². The minimum atomic E-state index is -3.69. The Labute approximate surface area is 204 Å². The van der Waals surface area contributed by atoms with Crippen molar-refractivity contribution in [2.24, 2.45) is 5.92 Å². The maximum absolute atomic E-state index is 13.0. The molecule has 0 aliphatic rings. The van der Waals surface area contributed by atoms with E-state index in [0.29, 0.717) is 19.6 Å². The average Bonchev–Trinajstić information content (AvgIpc) is 2.83. The molecule has 0 heterocycles. The number of nitrogens with zero attached hydrogens (tertiary/aromatic N) is 1. The van der Waals surface area contributed by atoms with E-state index in [1.807, 2.05) is 44.2 Å². The SMILES string of the molecule is CCC(CNC(=O)[C@@H](NC(=O)c1cccc(S(=O)(=O)N(CC)CC)c1)C(C)C)c1ccccc1. The van der Waals surface area contributed by atoms with Gasteiger partial charge in [0.2, 0.25) is 15.9 Å². The van der Waals surface area contributed by atoms with Gasteiger partial charge in [0.1, 0.15) is 6.04 Å². The second-order valence-corrected chi connectivity index (χ2v) is 10.5. The molecular weight excluding hydrogens is 450 g/mol. The molecular formula is C26H37N3O4S. The molecule has 0 aliphatic carbocycles. The molecule has 8 heteroatoms. The molecule has 1 unspecified atom stereocenters. The lowest BCUT2D eigenvalue weighted by atomic mass is 9.96. The van der Waals surface area contributed by atoms with Gasteiger partial charge in [-0.15, -0.1) is 0 Å². The third kappa shape index (κ3) is 6.90. The van der Waals surface area contributed by atoms with E-state index < -0.39 is 22.0 Å². The van der Waals surface area contributed by atoms with Crippen molar-refractivity contribution in [1.82, 2.24) is 14.9 Å². The summed E-state index contributed by atoms with van der Waals surface area (Å²) in [7, 11) is -3.69. The summed E-state index contributed by atoms with van der Waals surface area (Å²) in [5, 5.41) is 5.77. The molecule has 34 heavy (non-hydrogen) atoms. The molecule has 2 aromatic rings. The first-order chi connectivity index (χ1) is 16.1. The molecule has 0 aliphatic heterocycles. The zero-order chi connectivity index (χ0) is 25.3. The fourth-order valence-electron chi connectivity index (χ4n) is 3.83. The zero-order valence-corrected chi connectivity index (χ0v) is 21.6. The van der Waals surface area contributed by atoms with Crippen LogP contribution < -0.4 is 10.6 Å². The van der Waals surface area contributed by atoms with Crippen LogP contribution in [0.3, 0.4) is 0 Å². The highest BCUT2D eigenvalue weighted by atomic mass is 32.2. The van der Waals surface area contributed by atoms with Crippen LogP contribution in [0.4, 0.5) is 0 Å². The Balaban J connectivity index is 2.13. The van der Waals surface area contributed by atoms with Gasteiger partial charge in [0.15, 0.2) is 0 Å². The Hall–Kier alpha value is -2.71. The summed E-state index contributed by atoms with van der Waals surface area (Å²) in [6.07, 6.45) is 0.872. The highest BCUT2D eigenvalue weighted by Crippen LogP contribution is 2.19. The highest BCUT2D eigenvalue weighted by molar-refractivity contribution is 7.89. The molecule has 0 fully saturated rings. The summed E-state index contributed by atoms with van der Waals surface area (Å²) in [6, 6.07) is 15.2. The maximum atomic E-state index is 13.0. The highest BCUT2D eigenvalue weighted by Gasteiger charge is 2.27. The van der Waals surface area contributed by atoms with Gasteiger partial charge in [0.25, 0.3) is 5.91 Å². The van der Waals surface area contributed by atoms with E-state index in [-0.39, 0.29) is 28.2 Å². The predicted molar refractivity (Wildman–Crippen MR) is 135 cm³/mol. The smallest absolute Gasteiger partial charge is 0.251 e. The van der Waals surface area contributed by atoms with E-state index >= 15 is 0 Å². The van der Waals surface area contributed by atoms with Crippen LogP contribution in [0.2, 0.25) is 0 Å². The minimum absolute atomic E-state index is 0.0584. The van der Waals surface area contributed by atoms with Gasteiger partial charge in [-0.25, -0.2) is 8.42 Å². The summed E-state index contributed by atoms with van der Waals surface area (Å²) in [5.74, 6) is -0.718. The summed E-state index contributed by atoms with van der Waals surface area (Å²) in [5.41, 5.74) is 1.35. The number of carbonyl (C=O) groups is 2. The normalized spacial score (nSPS) is 13.5. The van der Waals surface area contributed by atoms with Crippen molar-refractivity contribution in [3.8, 4) is 0 Å². The van der Waals surface area contributed by atoms with Crippen molar-refractivity contribution in [3.63, 3.8) is 0 Å². The molecule has 0 saturated carbocycles. The molecule has 2 amide bonds. The molecule has 186 valence electrons. The molecule has 2 N–H and O–H groups in total. The minimum Gasteiger partial charge on any atom is -0.354 e. The number of benzene rings is 2. The van der Waals surface area contributed by atoms with Gasteiger partial charge in [-0.3, -0.25) is 9.59 Å². The molecule has 2 rings (SSSR count). The number of rotatable bonds is 12. The number of nitrogens with one attached hydrogen (secondary N) is 2. The zero-order valence-electron chi connectivity index (χ0n) is 20.7. The Morgan fingerprint density at radius 1 is 0.941 bits per heavy atom. The van der Waals surface area contributed by atoms with Crippen LogP contribution in [-0.2, 0) is 14.8 Å². The van der Waals surface area contributed by atoms with Crippen molar-refractivity contribution < 1.29 is 18.0 Å². The average molecular weight is 488 g/mol. The maximum Gasteiger partial charge on any atom is 0.251 e. The molecule has 7 nitrogen and oxygen atoms in total. The second-order valence-electron chi connectivity index (χ2n) is 8.57. The van der Waals surface area contributed by atoms with E-state index in [0.717, 1.165) is 12.0 Å². The van der Waals surface area contributed by atoms with Crippen LogP contribution in [0.15, 0.2) is 59.5 Å². The van der Waals surface area contributed by atoms with Crippen LogP contribution in [0, 0.1) is 5.92 Å². The van der Waals surface area contributed by atoms with Crippen molar-refractivity contribution in [3.05, 3.63) is 65.7 Å². The lowest BCUT2D eigenvalue weighted by molar-refractivity contribution is -0.124. The number of amides is 2. The monoisotopic (exact) mass is 487 g/mol. The number of hydrogen-bond acceptors (Lipinski definition) is 4. The van der Waals surface area contributed by atoms with Gasteiger partial charge in [0.05, 0.1) is 4.90 Å². The molecule has 2 aromatic carbocycles. The Kier molecular flexibility index (Phi) is 10.3. The van der Waals surface area contributed by atoms with Crippen molar-refractivity contribution in [1.29, 1.82) is 0 Å². The summed E-state index contributed by atoms with van der Waals surface area (Å²) in [6.45, 7) is 10.5. The van der Waals surface area contributed by atoms with Crippen molar-refractivity contribution in [2.45, 2.75) is 57.9 Å². The third-order valence-corrected chi connectivity index (χ3v) is 8.01. The lowest BCUT2D eigenvalue weighted by Crippen LogP contribution is -2.50. The quantitative estimate of drug-likeness (QED) is 0.476. The first kappa shape index (κ1) is 27.5. The molecule has 0 saturated heterocycles. The Bertz CT molecular complexity index is 1050. The number of hydrogen-bond donors (Lipinski definition) is 2. The molecule has 0 spiro atoms. The van der Waals surface area contributed by atoms with Gasteiger partial charge in [-0.2, -0.15) is 4.31 Å². The first-order valence-corrected chi connectivity index (χ1v) is 13.3. The third-order valence-electron chi connectivity index (χ3n) is 5.96. The van der Waals surface area contributed by atoms with Crippen LogP contribution in [0.1, 0.15) is 62.9 Å². The van der Waals surface area contributed by atoms with E-state index in [2.05, 4.69) is 17.6 Å². The van der Waals surface area contributed by atoms with Crippen LogP contribution in [0.5, 0.6) is 0 Å². The van der Waals surface area contributed by atoms with Crippen molar-refractivity contribution >= 4 is 21.8 Å². The predicted octanol–water partition coefficient (Wildman–Crippen LogP) is 3.78. The fraction of sp³-hybridized carbons (Fsp3) is 0.462. The van der Waals surface area contributed by atoms with Crippen LogP contribution >= 0.6 is 0 Å². The van der Waals surface area contributed by atoms with Gasteiger partial charge in [0, 0.05) is 31.1 Å². The topological polar surface area (TPSA) is 95.6 Å². The second kappa shape index (κ2) is 12.7. The van der Waals surface area contributed by atoms with Crippen LogP contribution in [0.25, 0.3) is 0 Å². The van der Waals surface area contributed by atoms with Gasteiger partial charge < -0.3 is 10.6 Å². The number of carbonyl (C=O) groups excluding carboxylic acids is 2. The van der Waals surface area contributed by atoms with E-state index in [9.17, 15) is 18.0 Å². The lowest BCUT2D eigenvalue weighted by Gasteiger charge is -2.24. The molecule has 2 atom stereocenters. The van der Waals surface area contributed by atoms with E-state index in [1.165, 1.54) is 16.4 Å². The molecule has 0 bridgehead atoms. The summed E-state index contributed by atoms with van der Waals surface area (Å²) in [4.78, 5) is 26.0. The first-order valence-electron chi connectivity index (χ1n) is 11.9. The van der Waals surface area contributed by atoms with Gasteiger partial charge >= 0.3 is 0 Å². The standard InChI is InChI=1S/C26H37N3O4S/c1-6-20(21-13-10-9-11-14-21)18-27-26(31)24(19(4)5)28-25(30)22-15-12-16-23(17-22)34(32,33)29(7-2)8-3/h9-17,19-20,24H,6-8,18H2,1-5H3,(H,27,31)(H,28,30)/t20?,24-/m0/s1. The Morgan fingerprint density at radius 3 is 2.15 bits per heavy atom. The van der Waals surface area contributed by atoms with E-state index in [1.54, 1.807) is 26.0 Å². The number of sulfonamides is 1. The molecule has 0 radical (unpaired) electrons. The Morgan fingerprint density at radius 2 is 1.59 bits per heavy atom. The van der Waals surface area contributed by atoms with Gasteiger partial charge in [-0.05, 0) is 36.1 Å². The largest absolute Gasteiger partial charge is 0.354 e. The summed E-state index contributed by atoms with van der Waals surface area (Å²) < 4.78 is 27.0. The van der Waals surface area contributed by atoms with Crippen molar-refractivity contribution in [2.75, 3.05) is 19.6 Å². The fourth-order valence-corrected chi connectivity index (χ4v) is 5.33. The van der Waals surface area contributed by atoms with E-state index in [4.69, 9.17) is 0 Å². The molecule has 0 aromatic heterocycles.